The van der Waals surface area contributed by atoms with Gasteiger partial charge in [0.1, 0.15) is 0 Å². The fourth-order valence-corrected chi connectivity index (χ4v) is 1.53. The van der Waals surface area contributed by atoms with Gasteiger partial charge < -0.3 is 16.2 Å². The lowest BCUT2D eigenvalue weighted by atomic mass is 10.1. The minimum Gasteiger partial charge on any atom is -0.494 e. The summed E-state index contributed by atoms with van der Waals surface area (Å²) in [5, 5.41) is 0. The summed E-state index contributed by atoms with van der Waals surface area (Å²) >= 11 is 0. The molecule has 2 aromatic rings. The molecule has 0 spiro atoms. The molecule has 0 fully saturated rings. The summed E-state index contributed by atoms with van der Waals surface area (Å²) in [4.78, 5) is 4.09. The lowest BCUT2D eigenvalue weighted by Gasteiger charge is -2.08. The summed E-state index contributed by atoms with van der Waals surface area (Å²) in [6.07, 6.45) is 1.53. The maximum atomic E-state index is 13.5. The summed E-state index contributed by atoms with van der Waals surface area (Å²) in [6, 6.07) is 6.12. The third-order valence-corrected chi connectivity index (χ3v) is 2.45. The summed E-state index contributed by atoms with van der Waals surface area (Å²) < 4.78 is 18.4. The van der Waals surface area contributed by atoms with Gasteiger partial charge >= 0.3 is 0 Å². The second-order valence-electron chi connectivity index (χ2n) is 3.51. The van der Waals surface area contributed by atoms with Crippen LogP contribution < -0.4 is 16.2 Å². The van der Waals surface area contributed by atoms with Crippen LogP contribution in [0.15, 0.2) is 30.5 Å². The number of nitrogen functional groups attached to an aromatic ring is 2. The van der Waals surface area contributed by atoms with Crippen molar-refractivity contribution in [1.82, 2.24) is 4.98 Å². The van der Waals surface area contributed by atoms with Gasteiger partial charge in [-0.2, -0.15) is 0 Å². The van der Waals surface area contributed by atoms with Crippen molar-refractivity contribution in [2.24, 2.45) is 0 Å². The molecule has 0 aliphatic heterocycles. The first-order valence-corrected chi connectivity index (χ1v) is 4.97. The van der Waals surface area contributed by atoms with E-state index in [0.29, 0.717) is 22.6 Å². The van der Waals surface area contributed by atoms with Crippen LogP contribution in [0.2, 0.25) is 0 Å². The molecule has 1 aromatic heterocycles. The molecule has 0 unspecified atom stereocenters. The first-order valence-electron chi connectivity index (χ1n) is 4.97. The topological polar surface area (TPSA) is 74.2 Å². The average Bonchev–Trinajstić information content (AvgIpc) is 2.32. The van der Waals surface area contributed by atoms with E-state index in [1.165, 1.54) is 25.4 Å². The maximum absolute atomic E-state index is 13.5. The largest absolute Gasteiger partial charge is 0.494 e. The Morgan fingerprint density at radius 1 is 1.24 bits per heavy atom. The van der Waals surface area contributed by atoms with E-state index in [9.17, 15) is 4.39 Å². The van der Waals surface area contributed by atoms with E-state index in [1.54, 1.807) is 12.1 Å². The predicted molar refractivity (Wildman–Crippen MR) is 65.0 cm³/mol. The Kier molecular flexibility index (Phi) is 2.82. The molecule has 0 saturated heterocycles. The number of hydrogen-bond donors (Lipinski definition) is 2. The van der Waals surface area contributed by atoms with Gasteiger partial charge in [0, 0.05) is 11.8 Å². The fraction of sp³-hybridized carbons (Fsp3) is 0.0833. The molecule has 4 N–H and O–H groups in total. The van der Waals surface area contributed by atoms with Gasteiger partial charge in [0.15, 0.2) is 11.6 Å². The van der Waals surface area contributed by atoms with Crippen molar-refractivity contribution in [2.75, 3.05) is 18.6 Å². The van der Waals surface area contributed by atoms with Gasteiger partial charge in [-0.1, -0.05) is 0 Å². The zero-order chi connectivity index (χ0) is 12.4. The number of pyridine rings is 1. The van der Waals surface area contributed by atoms with Crippen LogP contribution in [-0.2, 0) is 0 Å². The third-order valence-electron chi connectivity index (χ3n) is 2.45. The van der Waals surface area contributed by atoms with Gasteiger partial charge in [0.05, 0.1) is 24.2 Å². The van der Waals surface area contributed by atoms with E-state index in [-0.39, 0.29) is 5.75 Å². The van der Waals surface area contributed by atoms with E-state index in [2.05, 4.69) is 4.98 Å². The van der Waals surface area contributed by atoms with Gasteiger partial charge in [-0.15, -0.1) is 0 Å². The lowest BCUT2D eigenvalue weighted by molar-refractivity contribution is 0.386. The SMILES string of the molecule is COc1ccc(-c2nccc(N)c2N)cc1F. The van der Waals surface area contributed by atoms with Crippen LogP contribution in [-0.4, -0.2) is 12.1 Å². The van der Waals surface area contributed by atoms with Crippen molar-refractivity contribution in [3.05, 3.63) is 36.3 Å². The maximum Gasteiger partial charge on any atom is 0.165 e. The highest BCUT2D eigenvalue weighted by molar-refractivity contribution is 5.81. The van der Waals surface area contributed by atoms with Crippen molar-refractivity contribution in [3.63, 3.8) is 0 Å². The number of aromatic nitrogens is 1. The summed E-state index contributed by atoms with van der Waals surface area (Å²) in [5.41, 5.74) is 13.3. The van der Waals surface area contributed by atoms with Crippen molar-refractivity contribution in [3.8, 4) is 17.0 Å². The number of halogens is 1. The van der Waals surface area contributed by atoms with Crippen LogP contribution in [0.1, 0.15) is 0 Å². The Bertz CT molecular complexity index is 557. The first-order chi connectivity index (χ1) is 8.13. The molecule has 0 amide bonds. The molecule has 0 aliphatic rings. The van der Waals surface area contributed by atoms with E-state index in [0.717, 1.165) is 0 Å². The normalized spacial score (nSPS) is 10.2. The van der Waals surface area contributed by atoms with E-state index < -0.39 is 5.82 Å². The van der Waals surface area contributed by atoms with Gasteiger partial charge in [0.25, 0.3) is 0 Å². The molecule has 0 atom stereocenters. The van der Waals surface area contributed by atoms with Crippen LogP contribution in [0.4, 0.5) is 15.8 Å². The van der Waals surface area contributed by atoms with Crippen LogP contribution in [0.25, 0.3) is 11.3 Å². The van der Waals surface area contributed by atoms with E-state index >= 15 is 0 Å². The molecule has 1 aromatic carbocycles. The number of nitrogens with two attached hydrogens (primary N) is 2. The average molecular weight is 233 g/mol. The second kappa shape index (κ2) is 4.29. The molecule has 0 saturated carbocycles. The van der Waals surface area contributed by atoms with Crippen LogP contribution in [0.3, 0.4) is 0 Å². The molecule has 88 valence electrons. The minimum absolute atomic E-state index is 0.177. The molecule has 4 nitrogen and oxygen atoms in total. The highest BCUT2D eigenvalue weighted by Crippen LogP contribution is 2.30. The molecule has 0 aliphatic carbocycles. The monoisotopic (exact) mass is 233 g/mol. The number of methoxy groups -OCH3 is 1. The number of rotatable bonds is 2. The second-order valence-corrected chi connectivity index (χ2v) is 3.51. The molecule has 5 heteroatoms. The lowest BCUT2D eigenvalue weighted by Crippen LogP contribution is -1.99. The zero-order valence-electron chi connectivity index (χ0n) is 9.27. The Morgan fingerprint density at radius 2 is 2.00 bits per heavy atom. The number of hydrogen-bond acceptors (Lipinski definition) is 4. The molecule has 0 bridgehead atoms. The van der Waals surface area contributed by atoms with Gasteiger partial charge in [-0.25, -0.2) is 4.39 Å². The highest BCUT2D eigenvalue weighted by Gasteiger charge is 2.10. The van der Waals surface area contributed by atoms with Crippen LogP contribution in [0.5, 0.6) is 5.75 Å². The van der Waals surface area contributed by atoms with E-state index in [1.807, 2.05) is 0 Å². The van der Waals surface area contributed by atoms with Gasteiger partial charge in [-0.3, -0.25) is 4.98 Å². The van der Waals surface area contributed by atoms with E-state index in [4.69, 9.17) is 16.2 Å². The van der Waals surface area contributed by atoms with Crippen molar-refractivity contribution in [2.45, 2.75) is 0 Å². The minimum atomic E-state index is -0.464. The molecule has 1 heterocycles. The standard InChI is InChI=1S/C12H12FN3O/c1-17-10-3-2-7(6-8(10)13)12-11(15)9(14)4-5-16-12/h2-6H,15H2,1H3,(H2,14,16). The first kappa shape index (κ1) is 11.2. The van der Waals surface area contributed by atoms with Crippen LogP contribution in [0, 0.1) is 5.82 Å². The number of anilines is 2. The highest BCUT2D eigenvalue weighted by atomic mass is 19.1. The fourth-order valence-electron chi connectivity index (χ4n) is 1.53. The van der Waals surface area contributed by atoms with Crippen molar-refractivity contribution < 1.29 is 9.13 Å². The summed E-state index contributed by atoms with van der Waals surface area (Å²) in [7, 11) is 1.41. The molecular weight excluding hydrogens is 221 g/mol. The van der Waals surface area contributed by atoms with Gasteiger partial charge in [0.2, 0.25) is 0 Å². The molecule has 0 radical (unpaired) electrons. The third kappa shape index (κ3) is 1.99. The Labute approximate surface area is 98.0 Å². The van der Waals surface area contributed by atoms with Crippen LogP contribution >= 0.6 is 0 Å². The quantitative estimate of drug-likeness (QED) is 0.832. The molecule has 17 heavy (non-hydrogen) atoms. The predicted octanol–water partition coefficient (Wildman–Crippen LogP) is 2.06. The summed E-state index contributed by atoms with van der Waals surface area (Å²) in [6.45, 7) is 0. The Balaban J connectivity index is 2.54. The smallest absolute Gasteiger partial charge is 0.165 e. The zero-order valence-corrected chi connectivity index (χ0v) is 9.27. The van der Waals surface area contributed by atoms with Crippen molar-refractivity contribution in [1.29, 1.82) is 0 Å². The number of benzene rings is 1. The Morgan fingerprint density at radius 3 is 2.65 bits per heavy atom. The Hall–Kier alpha value is -2.30. The van der Waals surface area contributed by atoms with Gasteiger partial charge in [-0.05, 0) is 24.3 Å². The number of nitrogens with zero attached hydrogens (tertiary/aromatic N) is 1. The molecule has 2 rings (SSSR count). The number of ether oxygens (including phenoxy) is 1. The molecular formula is C12H12FN3O. The summed E-state index contributed by atoms with van der Waals surface area (Å²) in [5.74, 6) is -0.287. The van der Waals surface area contributed by atoms with Crippen molar-refractivity contribution >= 4 is 11.4 Å².